The highest BCUT2D eigenvalue weighted by Gasteiger charge is 2.51. The van der Waals surface area contributed by atoms with Crippen LogP contribution in [0.3, 0.4) is 0 Å². The Balaban J connectivity index is 1.69. The van der Waals surface area contributed by atoms with Crippen molar-refractivity contribution in [1.29, 1.82) is 0 Å². The maximum absolute atomic E-state index is 12.6. The number of benzene rings is 1. The first-order chi connectivity index (χ1) is 13.3. The second-order valence-corrected chi connectivity index (χ2v) is 8.64. The summed E-state index contributed by atoms with van der Waals surface area (Å²) in [5.74, 6) is 0.247. The van der Waals surface area contributed by atoms with Crippen molar-refractivity contribution in [2.24, 2.45) is 0 Å². The van der Waals surface area contributed by atoms with Crippen molar-refractivity contribution in [3.8, 4) is 0 Å². The lowest BCUT2D eigenvalue weighted by Gasteiger charge is -2.16. The Morgan fingerprint density at radius 2 is 1.93 bits per heavy atom. The summed E-state index contributed by atoms with van der Waals surface area (Å²) in [5.41, 5.74) is 1.10. The first-order valence-corrected chi connectivity index (χ1v) is 10.6. The van der Waals surface area contributed by atoms with E-state index >= 15 is 0 Å². The van der Waals surface area contributed by atoms with Gasteiger partial charge in [0.05, 0.1) is 5.41 Å². The zero-order chi connectivity index (χ0) is 20.4. The molecule has 1 aliphatic carbocycles. The van der Waals surface area contributed by atoms with Gasteiger partial charge in [0.15, 0.2) is 10.7 Å². The summed E-state index contributed by atoms with van der Waals surface area (Å²) in [4.78, 5) is 12.6. The van der Waals surface area contributed by atoms with E-state index in [9.17, 15) is 13.2 Å². The van der Waals surface area contributed by atoms with Gasteiger partial charge < -0.3 is 14.6 Å². The Kier molecular flexibility index (Phi) is 5.76. The number of ether oxygens (including phenoxy) is 1. The minimum atomic E-state index is -3.80. The van der Waals surface area contributed by atoms with Gasteiger partial charge in [0.1, 0.15) is 5.69 Å². The van der Waals surface area contributed by atoms with E-state index in [4.69, 9.17) is 9.26 Å². The molecule has 1 heterocycles. The lowest BCUT2D eigenvalue weighted by molar-refractivity contribution is -0.123. The van der Waals surface area contributed by atoms with Gasteiger partial charge in [-0.1, -0.05) is 17.3 Å². The minimum absolute atomic E-state index is 0.00709. The molecule has 1 aromatic carbocycles. The van der Waals surface area contributed by atoms with E-state index in [-0.39, 0.29) is 16.6 Å². The zero-order valence-electron chi connectivity index (χ0n) is 16.2. The number of methoxy groups -OCH3 is 1. The quantitative estimate of drug-likeness (QED) is 0.617. The van der Waals surface area contributed by atoms with Crippen molar-refractivity contribution in [3.63, 3.8) is 0 Å². The second kappa shape index (κ2) is 7.92. The van der Waals surface area contributed by atoms with Crippen LogP contribution in [-0.4, -0.2) is 39.7 Å². The Bertz CT molecular complexity index is 927. The standard InChI is InChI=1S/C19H25N3O5S/c1-13-17(14(2)27-21-13)28(24,25)22-16-7-5-15(6-8-16)19(9-10-19)18(23)20-11-4-12-26-3/h5-8,22H,4,9-12H2,1-3H3,(H,20,23). The third-order valence-electron chi connectivity index (χ3n) is 4.92. The molecule has 0 saturated heterocycles. The molecular weight excluding hydrogens is 382 g/mol. The summed E-state index contributed by atoms with van der Waals surface area (Å²) in [6, 6.07) is 6.94. The summed E-state index contributed by atoms with van der Waals surface area (Å²) in [5, 5.41) is 6.64. The number of nitrogens with zero attached hydrogens (tertiary/aromatic N) is 1. The van der Waals surface area contributed by atoms with E-state index < -0.39 is 15.4 Å². The summed E-state index contributed by atoms with van der Waals surface area (Å²) in [7, 11) is -2.16. The SMILES string of the molecule is COCCCNC(=O)C1(c2ccc(NS(=O)(=O)c3c(C)noc3C)cc2)CC1. The number of sulfonamides is 1. The molecule has 152 valence electrons. The predicted molar refractivity (Wildman–Crippen MR) is 104 cm³/mol. The number of aryl methyl sites for hydroxylation is 2. The highest BCUT2D eigenvalue weighted by atomic mass is 32.2. The van der Waals surface area contributed by atoms with Gasteiger partial charge in [-0.05, 0) is 50.8 Å². The molecule has 3 rings (SSSR count). The Morgan fingerprint density at radius 3 is 2.46 bits per heavy atom. The molecular formula is C19H25N3O5S. The molecule has 1 aromatic heterocycles. The molecule has 2 N–H and O–H groups in total. The first-order valence-electron chi connectivity index (χ1n) is 9.13. The van der Waals surface area contributed by atoms with Crippen molar-refractivity contribution >= 4 is 21.6 Å². The van der Waals surface area contributed by atoms with Gasteiger partial charge in [-0.15, -0.1) is 0 Å². The number of aromatic nitrogens is 1. The maximum atomic E-state index is 12.6. The Hall–Kier alpha value is -2.39. The molecule has 0 radical (unpaired) electrons. The van der Waals surface area contributed by atoms with Crippen LogP contribution in [-0.2, 0) is 25.0 Å². The number of carbonyl (C=O) groups excluding carboxylic acids is 1. The number of hydrogen-bond donors (Lipinski definition) is 2. The van der Waals surface area contributed by atoms with Gasteiger partial charge >= 0.3 is 0 Å². The molecule has 2 aromatic rings. The predicted octanol–water partition coefficient (Wildman–Crippen LogP) is 2.28. The normalized spacial score (nSPS) is 15.2. The van der Waals surface area contributed by atoms with Crippen LogP contribution in [0.1, 0.15) is 36.3 Å². The van der Waals surface area contributed by atoms with Gasteiger partial charge in [0.2, 0.25) is 5.91 Å². The van der Waals surface area contributed by atoms with Gasteiger partial charge in [-0.3, -0.25) is 9.52 Å². The monoisotopic (exact) mass is 407 g/mol. The third kappa shape index (κ3) is 4.05. The van der Waals surface area contributed by atoms with Gasteiger partial charge in [0, 0.05) is 25.9 Å². The van der Waals surface area contributed by atoms with E-state index in [1.165, 1.54) is 0 Å². The molecule has 8 nitrogen and oxygen atoms in total. The second-order valence-electron chi connectivity index (χ2n) is 7.02. The van der Waals surface area contributed by atoms with Crippen molar-refractivity contribution in [2.45, 2.75) is 43.4 Å². The molecule has 0 aliphatic heterocycles. The molecule has 0 bridgehead atoms. The third-order valence-corrected chi connectivity index (χ3v) is 6.55. The van der Waals surface area contributed by atoms with Crippen LogP contribution in [0.5, 0.6) is 0 Å². The average molecular weight is 407 g/mol. The van der Waals surface area contributed by atoms with Crippen LogP contribution >= 0.6 is 0 Å². The lowest BCUT2D eigenvalue weighted by atomic mass is 9.95. The van der Waals surface area contributed by atoms with Crippen LogP contribution in [0.4, 0.5) is 5.69 Å². The van der Waals surface area contributed by atoms with E-state index in [0.717, 1.165) is 24.8 Å². The van der Waals surface area contributed by atoms with Crippen LogP contribution in [0, 0.1) is 13.8 Å². The number of nitrogens with one attached hydrogen (secondary N) is 2. The highest BCUT2D eigenvalue weighted by Crippen LogP contribution is 2.48. The summed E-state index contributed by atoms with van der Waals surface area (Å²) in [6.45, 7) is 4.31. The van der Waals surface area contributed by atoms with Crippen LogP contribution in [0.25, 0.3) is 0 Å². The van der Waals surface area contributed by atoms with E-state index in [1.807, 2.05) is 0 Å². The number of hydrogen-bond acceptors (Lipinski definition) is 6. The summed E-state index contributed by atoms with van der Waals surface area (Å²) in [6.07, 6.45) is 2.33. The van der Waals surface area contributed by atoms with E-state index in [1.54, 1.807) is 45.2 Å². The molecule has 1 saturated carbocycles. The molecule has 28 heavy (non-hydrogen) atoms. The van der Waals surface area contributed by atoms with Crippen LogP contribution < -0.4 is 10.0 Å². The number of rotatable bonds is 9. The largest absolute Gasteiger partial charge is 0.385 e. The van der Waals surface area contributed by atoms with Gasteiger partial charge in [-0.2, -0.15) is 0 Å². The van der Waals surface area contributed by atoms with Crippen LogP contribution in [0.15, 0.2) is 33.7 Å². The number of anilines is 1. The fraction of sp³-hybridized carbons (Fsp3) is 0.474. The van der Waals surface area contributed by atoms with E-state index in [2.05, 4.69) is 15.2 Å². The summed E-state index contributed by atoms with van der Waals surface area (Å²) < 4.78 is 37.7. The fourth-order valence-electron chi connectivity index (χ4n) is 3.28. The van der Waals surface area contributed by atoms with E-state index in [0.29, 0.717) is 24.5 Å². The minimum Gasteiger partial charge on any atom is -0.385 e. The molecule has 1 fully saturated rings. The first kappa shape index (κ1) is 20.3. The fourth-order valence-corrected chi connectivity index (χ4v) is 4.67. The highest BCUT2D eigenvalue weighted by molar-refractivity contribution is 7.92. The van der Waals surface area contributed by atoms with Crippen molar-refractivity contribution in [2.75, 3.05) is 25.0 Å². The molecule has 0 unspecified atom stereocenters. The van der Waals surface area contributed by atoms with Crippen molar-refractivity contribution < 1.29 is 22.5 Å². The average Bonchev–Trinajstić information content (AvgIpc) is 3.38. The van der Waals surface area contributed by atoms with Gasteiger partial charge in [-0.25, -0.2) is 8.42 Å². The topological polar surface area (TPSA) is 111 Å². The zero-order valence-corrected chi connectivity index (χ0v) is 17.1. The van der Waals surface area contributed by atoms with Gasteiger partial charge in [0.25, 0.3) is 10.0 Å². The number of amides is 1. The molecule has 1 amide bonds. The smallest absolute Gasteiger partial charge is 0.267 e. The summed E-state index contributed by atoms with van der Waals surface area (Å²) >= 11 is 0. The maximum Gasteiger partial charge on any atom is 0.267 e. The molecule has 1 aliphatic rings. The lowest BCUT2D eigenvalue weighted by Crippen LogP contribution is -2.35. The number of carbonyl (C=O) groups is 1. The van der Waals surface area contributed by atoms with Crippen LogP contribution in [0.2, 0.25) is 0 Å². The Morgan fingerprint density at radius 1 is 1.25 bits per heavy atom. The molecule has 9 heteroatoms. The Labute approximate surface area is 164 Å². The molecule has 0 atom stereocenters. The van der Waals surface area contributed by atoms with Crippen molar-refractivity contribution in [1.82, 2.24) is 10.5 Å². The molecule has 0 spiro atoms. The van der Waals surface area contributed by atoms with Crippen molar-refractivity contribution in [3.05, 3.63) is 41.3 Å².